The highest BCUT2D eigenvalue weighted by molar-refractivity contribution is 5.29. The maximum absolute atomic E-state index is 5.49. The molecule has 1 N–H and O–H groups in total. The molecule has 0 atom stereocenters. The Labute approximate surface area is 98.0 Å². The highest BCUT2D eigenvalue weighted by Gasteiger charge is 1.98. The molecule has 0 radical (unpaired) electrons. The van der Waals surface area contributed by atoms with Crippen molar-refractivity contribution < 1.29 is 4.74 Å². The van der Waals surface area contributed by atoms with Gasteiger partial charge < -0.3 is 10.1 Å². The minimum Gasteiger partial charge on any atom is -0.481 e. The molecule has 0 fully saturated rings. The minimum atomic E-state index is 0.447. The fourth-order valence-electron chi connectivity index (χ4n) is 1.27. The molecule has 2 heteroatoms. The quantitative estimate of drug-likeness (QED) is 0.782. The summed E-state index contributed by atoms with van der Waals surface area (Å²) in [6.45, 7) is 5.51. The summed E-state index contributed by atoms with van der Waals surface area (Å²) >= 11 is 0. The second-order valence-corrected chi connectivity index (χ2v) is 3.90. The summed E-state index contributed by atoms with van der Waals surface area (Å²) in [7, 11) is 1.88. The Balaban J connectivity index is 2.41. The van der Waals surface area contributed by atoms with E-state index in [1.54, 1.807) is 0 Å². The summed E-state index contributed by atoms with van der Waals surface area (Å²) in [4.78, 5) is 0. The SMILES string of the molecule is CNCC#CCOc1ccc(C(C)C)cc1. The molecule has 2 nitrogen and oxygen atoms in total. The van der Waals surface area contributed by atoms with Crippen molar-refractivity contribution in [1.82, 2.24) is 5.32 Å². The van der Waals surface area contributed by atoms with Crippen molar-refractivity contribution in [3.63, 3.8) is 0 Å². The number of rotatable bonds is 4. The van der Waals surface area contributed by atoms with Gasteiger partial charge in [-0.15, -0.1) is 0 Å². The van der Waals surface area contributed by atoms with Crippen molar-refractivity contribution in [2.24, 2.45) is 0 Å². The minimum absolute atomic E-state index is 0.447. The molecular weight excluding hydrogens is 198 g/mol. The van der Waals surface area contributed by atoms with E-state index in [-0.39, 0.29) is 0 Å². The van der Waals surface area contributed by atoms with E-state index in [0.717, 1.165) is 5.75 Å². The highest BCUT2D eigenvalue weighted by Crippen LogP contribution is 2.18. The van der Waals surface area contributed by atoms with Gasteiger partial charge >= 0.3 is 0 Å². The Morgan fingerprint density at radius 3 is 2.44 bits per heavy atom. The number of hydrogen-bond donors (Lipinski definition) is 1. The normalized spacial score (nSPS) is 9.75. The van der Waals surface area contributed by atoms with Crippen molar-refractivity contribution in [3.05, 3.63) is 29.8 Å². The van der Waals surface area contributed by atoms with Crippen LogP contribution in [0.5, 0.6) is 5.75 Å². The van der Waals surface area contributed by atoms with Crippen LogP contribution in [0.2, 0.25) is 0 Å². The lowest BCUT2D eigenvalue weighted by molar-refractivity contribution is 0.370. The summed E-state index contributed by atoms with van der Waals surface area (Å²) in [6.07, 6.45) is 0. The van der Waals surface area contributed by atoms with Crippen molar-refractivity contribution in [2.75, 3.05) is 20.2 Å². The van der Waals surface area contributed by atoms with Gasteiger partial charge in [-0.25, -0.2) is 0 Å². The van der Waals surface area contributed by atoms with E-state index in [1.165, 1.54) is 5.56 Å². The largest absolute Gasteiger partial charge is 0.481 e. The summed E-state index contributed by atoms with van der Waals surface area (Å²) in [5, 5.41) is 2.96. The molecule has 1 aromatic rings. The smallest absolute Gasteiger partial charge is 0.149 e. The van der Waals surface area contributed by atoms with Crippen LogP contribution in [0.25, 0.3) is 0 Å². The zero-order valence-corrected chi connectivity index (χ0v) is 10.2. The van der Waals surface area contributed by atoms with Crippen LogP contribution in [-0.2, 0) is 0 Å². The van der Waals surface area contributed by atoms with Crippen molar-refractivity contribution >= 4 is 0 Å². The zero-order valence-electron chi connectivity index (χ0n) is 10.2. The number of hydrogen-bond acceptors (Lipinski definition) is 2. The van der Waals surface area contributed by atoms with Crippen LogP contribution in [0, 0.1) is 11.8 Å². The molecule has 86 valence electrons. The van der Waals surface area contributed by atoms with Crippen LogP contribution in [0.1, 0.15) is 25.3 Å². The summed E-state index contributed by atoms with van der Waals surface area (Å²) < 4.78 is 5.49. The molecule has 0 saturated heterocycles. The van der Waals surface area contributed by atoms with E-state index in [1.807, 2.05) is 19.2 Å². The molecule has 0 unspecified atom stereocenters. The molecule has 0 amide bonds. The molecule has 0 aliphatic rings. The van der Waals surface area contributed by atoms with Gasteiger partial charge in [-0.05, 0) is 30.7 Å². The lowest BCUT2D eigenvalue weighted by Gasteiger charge is -2.06. The third-order valence-electron chi connectivity index (χ3n) is 2.25. The molecular formula is C14H19NO. The molecule has 16 heavy (non-hydrogen) atoms. The lowest BCUT2D eigenvalue weighted by atomic mass is 10.0. The second kappa shape index (κ2) is 6.92. The van der Waals surface area contributed by atoms with Crippen molar-refractivity contribution in [1.29, 1.82) is 0 Å². The van der Waals surface area contributed by atoms with Crippen LogP contribution in [0.4, 0.5) is 0 Å². The van der Waals surface area contributed by atoms with Gasteiger partial charge in [-0.1, -0.05) is 37.8 Å². The van der Waals surface area contributed by atoms with E-state index in [0.29, 0.717) is 19.1 Å². The Morgan fingerprint density at radius 1 is 1.19 bits per heavy atom. The van der Waals surface area contributed by atoms with Gasteiger partial charge in [0.1, 0.15) is 12.4 Å². The van der Waals surface area contributed by atoms with Crippen LogP contribution in [0.15, 0.2) is 24.3 Å². The molecule has 0 aliphatic carbocycles. The summed E-state index contributed by atoms with van der Waals surface area (Å²) in [6, 6.07) is 8.19. The lowest BCUT2D eigenvalue weighted by Crippen LogP contribution is -2.05. The maximum atomic E-state index is 5.49. The molecule has 0 aliphatic heterocycles. The van der Waals surface area contributed by atoms with E-state index < -0.39 is 0 Å². The molecule has 0 bridgehead atoms. The Kier molecular flexibility index (Phi) is 5.45. The second-order valence-electron chi connectivity index (χ2n) is 3.90. The average molecular weight is 217 g/mol. The first-order valence-electron chi connectivity index (χ1n) is 5.57. The Hall–Kier alpha value is -1.46. The van der Waals surface area contributed by atoms with E-state index >= 15 is 0 Å². The fraction of sp³-hybridized carbons (Fsp3) is 0.429. The number of nitrogens with one attached hydrogen (secondary N) is 1. The van der Waals surface area contributed by atoms with Crippen molar-refractivity contribution in [2.45, 2.75) is 19.8 Å². The average Bonchev–Trinajstić information content (AvgIpc) is 2.29. The van der Waals surface area contributed by atoms with Crippen LogP contribution >= 0.6 is 0 Å². The monoisotopic (exact) mass is 217 g/mol. The highest BCUT2D eigenvalue weighted by atomic mass is 16.5. The zero-order chi connectivity index (χ0) is 11.8. The van der Waals surface area contributed by atoms with Crippen LogP contribution < -0.4 is 10.1 Å². The first kappa shape index (κ1) is 12.6. The van der Waals surface area contributed by atoms with E-state index in [2.05, 4.69) is 43.1 Å². The van der Waals surface area contributed by atoms with Crippen molar-refractivity contribution in [3.8, 4) is 17.6 Å². The maximum Gasteiger partial charge on any atom is 0.149 e. The molecule has 0 spiro atoms. The third-order valence-corrected chi connectivity index (χ3v) is 2.25. The molecule has 0 saturated carbocycles. The first-order valence-corrected chi connectivity index (χ1v) is 5.57. The van der Waals surface area contributed by atoms with E-state index in [4.69, 9.17) is 4.74 Å². The predicted molar refractivity (Wildman–Crippen MR) is 67.7 cm³/mol. The first-order chi connectivity index (χ1) is 7.74. The predicted octanol–water partition coefficient (Wildman–Crippen LogP) is 2.41. The summed E-state index contributed by atoms with van der Waals surface area (Å²) in [5.74, 6) is 7.32. The molecule has 0 aromatic heterocycles. The van der Waals surface area contributed by atoms with Gasteiger partial charge in [0.15, 0.2) is 0 Å². The molecule has 0 heterocycles. The molecule has 1 aromatic carbocycles. The van der Waals surface area contributed by atoms with E-state index in [9.17, 15) is 0 Å². The van der Waals surface area contributed by atoms with Crippen LogP contribution in [-0.4, -0.2) is 20.2 Å². The topological polar surface area (TPSA) is 21.3 Å². The van der Waals surface area contributed by atoms with Gasteiger partial charge in [0.05, 0.1) is 6.54 Å². The number of benzene rings is 1. The van der Waals surface area contributed by atoms with Gasteiger partial charge in [0, 0.05) is 0 Å². The standard InChI is InChI=1S/C14H19NO/c1-12(2)13-6-8-14(9-7-13)16-11-5-4-10-15-3/h6-9,12,15H,10-11H2,1-3H3. The number of ether oxygens (including phenoxy) is 1. The third kappa shape index (κ3) is 4.37. The van der Waals surface area contributed by atoms with Crippen LogP contribution in [0.3, 0.4) is 0 Å². The Bertz CT molecular complexity index is 357. The molecule has 1 rings (SSSR count). The van der Waals surface area contributed by atoms with Gasteiger partial charge in [-0.3, -0.25) is 0 Å². The fourth-order valence-corrected chi connectivity index (χ4v) is 1.27. The van der Waals surface area contributed by atoms with Gasteiger partial charge in [0.2, 0.25) is 0 Å². The Morgan fingerprint density at radius 2 is 1.88 bits per heavy atom. The van der Waals surface area contributed by atoms with Gasteiger partial charge in [0.25, 0.3) is 0 Å². The van der Waals surface area contributed by atoms with Gasteiger partial charge in [-0.2, -0.15) is 0 Å². The summed E-state index contributed by atoms with van der Waals surface area (Å²) in [5.41, 5.74) is 1.33.